The molecule has 0 aliphatic carbocycles. The molecule has 0 radical (unpaired) electrons. The number of hydrogen-bond donors (Lipinski definition) is 1. The predicted octanol–water partition coefficient (Wildman–Crippen LogP) is 4.15. The van der Waals surface area contributed by atoms with E-state index in [1.54, 1.807) is 13.2 Å². The number of methoxy groups -OCH3 is 1. The van der Waals surface area contributed by atoms with Gasteiger partial charge in [0.2, 0.25) is 0 Å². The van der Waals surface area contributed by atoms with E-state index in [2.05, 4.69) is 0 Å². The fraction of sp³-hybridized carbons (Fsp3) is 0.250. The Hall–Kier alpha value is -1.59. The van der Waals surface area contributed by atoms with Crippen LogP contribution in [0.2, 0.25) is 0 Å². The molecule has 0 amide bonds. The summed E-state index contributed by atoms with van der Waals surface area (Å²) >= 11 is 1.42. The van der Waals surface area contributed by atoms with Crippen molar-refractivity contribution in [1.82, 2.24) is 0 Å². The first-order valence-electron chi connectivity index (χ1n) is 6.52. The van der Waals surface area contributed by atoms with Gasteiger partial charge in [0.1, 0.15) is 5.75 Å². The van der Waals surface area contributed by atoms with Gasteiger partial charge in [0, 0.05) is 16.2 Å². The van der Waals surface area contributed by atoms with Gasteiger partial charge in [0.25, 0.3) is 0 Å². The van der Waals surface area contributed by atoms with Crippen LogP contribution in [0.15, 0.2) is 47.4 Å². The maximum Gasteiger partial charge on any atom is 0.159 e. The third-order valence-electron chi connectivity index (χ3n) is 3.22. The van der Waals surface area contributed by atoms with Gasteiger partial charge < -0.3 is 10.5 Å². The second-order valence-electron chi connectivity index (χ2n) is 4.70. The van der Waals surface area contributed by atoms with E-state index >= 15 is 0 Å². The molecule has 0 aliphatic heterocycles. The van der Waals surface area contributed by atoms with E-state index in [0.29, 0.717) is 4.90 Å². The van der Waals surface area contributed by atoms with Crippen molar-refractivity contribution in [1.29, 1.82) is 0 Å². The Morgan fingerprint density at radius 1 is 1.05 bits per heavy atom. The number of halogens is 2. The summed E-state index contributed by atoms with van der Waals surface area (Å²) in [6, 6.07) is 11.2. The fourth-order valence-corrected chi connectivity index (χ4v) is 2.99. The molecule has 0 saturated heterocycles. The van der Waals surface area contributed by atoms with Gasteiger partial charge in [-0.25, -0.2) is 8.78 Å². The van der Waals surface area contributed by atoms with Gasteiger partial charge in [-0.1, -0.05) is 19.1 Å². The minimum Gasteiger partial charge on any atom is -0.497 e. The van der Waals surface area contributed by atoms with E-state index in [9.17, 15) is 8.78 Å². The summed E-state index contributed by atoms with van der Waals surface area (Å²) in [7, 11) is 1.61. The van der Waals surface area contributed by atoms with Gasteiger partial charge in [0.15, 0.2) is 11.6 Å². The van der Waals surface area contributed by atoms with Crippen LogP contribution in [-0.4, -0.2) is 12.4 Å². The Kier molecular flexibility index (Phi) is 5.20. The monoisotopic (exact) mass is 309 g/mol. The molecular weight excluding hydrogens is 292 g/mol. The molecule has 0 fully saturated rings. The van der Waals surface area contributed by atoms with Crippen molar-refractivity contribution >= 4 is 11.8 Å². The lowest BCUT2D eigenvalue weighted by molar-refractivity contribution is 0.414. The Balaban J connectivity index is 2.07. The molecule has 0 spiro atoms. The molecule has 5 heteroatoms. The van der Waals surface area contributed by atoms with Gasteiger partial charge in [-0.15, -0.1) is 11.8 Å². The molecule has 0 aliphatic rings. The fourth-order valence-electron chi connectivity index (χ4n) is 1.94. The molecule has 2 aromatic rings. The molecule has 0 aromatic heterocycles. The first-order chi connectivity index (χ1) is 10.0. The largest absolute Gasteiger partial charge is 0.497 e. The first kappa shape index (κ1) is 15.8. The van der Waals surface area contributed by atoms with Crippen LogP contribution >= 0.6 is 11.8 Å². The van der Waals surface area contributed by atoms with Gasteiger partial charge in [-0.2, -0.15) is 0 Å². The normalized spacial score (nSPS) is 13.8. The third kappa shape index (κ3) is 3.95. The van der Waals surface area contributed by atoms with Crippen LogP contribution < -0.4 is 10.5 Å². The molecule has 2 rings (SSSR count). The van der Waals surface area contributed by atoms with E-state index in [4.69, 9.17) is 10.5 Å². The van der Waals surface area contributed by atoms with Gasteiger partial charge >= 0.3 is 0 Å². The maximum atomic E-state index is 13.2. The minimum atomic E-state index is -0.842. The van der Waals surface area contributed by atoms with Crippen molar-refractivity contribution in [3.05, 3.63) is 59.7 Å². The first-order valence-corrected chi connectivity index (χ1v) is 7.40. The highest BCUT2D eigenvalue weighted by molar-refractivity contribution is 8.00. The second kappa shape index (κ2) is 6.91. The molecule has 2 unspecified atom stereocenters. The molecule has 0 heterocycles. The molecule has 0 saturated carbocycles. The highest BCUT2D eigenvalue weighted by Gasteiger charge is 2.17. The lowest BCUT2D eigenvalue weighted by Crippen LogP contribution is -2.21. The summed E-state index contributed by atoms with van der Waals surface area (Å²) in [6.07, 6.45) is 0. The number of thioether (sulfide) groups is 1. The summed E-state index contributed by atoms with van der Waals surface area (Å²) in [5.74, 6) is -0.913. The molecule has 0 bridgehead atoms. The van der Waals surface area contributed by atoms with Crippen molar-refractivity contribution in [2.24, 2.45) is 5.73 Å². The lowest BCUT2D eigenvalue weighted by Gasteiger charge is -2.20. The molecule has 112 valence electrons. The van der Waals surface area contributed by atoms with Crippen LogP contribution in [0.5, 0.6) is 5.75 Å². The summed E-state index contributed by atoms with van der Waals surface area (Å²) in [6.45, 7) is 1.96. The number of nitrogens with two attached hydrogens (primary N) is 1. The lowest BCUT2D eigenvalue weighted by atomic mass is 10.1. The van der Waals surface area contributed by atoms with Crippen LogP contribution in [0, 0.1) is 11.6 Å². The Morgan fingerprint density at radius 3 is 2.29 bits per heavy atom. The summed E-state index contributed by atoms with van der Waals surface area (Å²) in [4.78, 5) is 0.658. The number of rotatable bonds is 5. The zero-order chi connectivity index (χ0) is 15.4. The van der Waals surface area contributed by atoms with E-state index < -0.39 is 11.6 Å². The van der Waals surface area contributed by atoms with Crippen LogP contribution in [0.25, 0.3) is 0 Å². The summed E-state index contributed by atoms with van der Waals surface area (Å²) in [5.41, 5.74) is 7.19. The number of benzene rings is 2. The summed E-state index contributed by atoms with van der Waals surface area (Å²) in [5, 5.41) is 0.0169. The van der Waals surface area contributed by atoms with Gasteiger partial charge in [-0.05, 0) is 35.9 Å². The third-order valence-corrected chi connectivity index (χ3v) is 4.41. The number of ether oxygens (including phenoxy) is 1. The van der Waals surface area contributed by atoms with Crippen molar-refractivity contribution < 1.29 is 13.5 Å². The molecule has 2 N–H and O–H groups in total. The molecule has 2 nitrogen and oxygen atoms in total. The van der Waals surface area contributed by atoms with Gasteiger partial charge in [0.05, 0.1) is 7.11 Å². The smallest absolute Gasteiger partial charge is 0.159 e. The van der Waals surface area contributed by atoms with Crippen LogP contribution in [-0.2, 0) is 0 Å². The van der Waals surface area contributed by atoms with Crippen LogP contribution in [0.4, 0.5) is 8.78 Å². The van der Waals surface area contributed by atoms with E-state index in [0.717, 1.165) is 17.4 Å². The molecule has 2 aromatic carbocycles. The van der Waals surface area contributed by atoms with Crippen molar-refractivity contribution in [2.45, 2.75) is 23.1 Å². The average Bonchev–Trinajstić information content (AvgIpc) is 2.50. The SMILES string of the molecule is COc1ccc(C(N)C(C)Sc2ccc(F)c(F)c2)cc1. The topological polar surface area (TPSA) is 35.2 Å². The quantitative estimate of drug-likeness (QED) is 0.843. The Bertz CT molecular complexity index is 604. The van der Waals surface area contributed by atoms with Gasteiger partial charge in [-0.3, -0.25) is 0 Å². The van der Waals surface area contributed by atoms with Crippen molar-refractivity contribution in [3.8, 4) is 5.75 Å². The molecule has 21 heavy (non-hydrogen) atoms. The zero-order valence-electron chi connectivity index (χ0n) is 11.8. The Labute approximate surface area is 127 Å². The van der Waals surface area contributed by atoms with E-state index in [1.807, 2.05) is 31.2 Å². The second-order valence-corrected chi connectivity index (χ2v) is 6.15. The zero-order valence-corrected chi connectivity index (χ0v) is 12.7. The predicted molar refractivity (Wildman–Crippen MR) is 81.6 cm³/mol. The van der Waals surface area contributed by atoms with Crippen molar-refractivity contribution in [3.63, 3.8) is 0 Å². The van der Waals surface area contributed by atoms with Crippen LogP contribution in [0.1, 0.15) is 18.5 Å². The number of hydrogen-bond acceptors (Lipinski definition) is 3. The van der Waals surface area contributed by atoms with E-state index in [-0.39, 0.29) is 11.3 Å². The minimum absolute atomic E-state index is 0.0169. The standard InChI is InChI=1S/C16H17F2NOS/c1-10(21-13-7-8-14(17)15(18)9-13)16(19)11-3-5-12(20-2)6-4-11/h3-10,16H,19H2,1-2H3. The Morgan fingerprint density at radius 2 is 1.71 bits per heavy atom. The maximum absolute atomic E-state index is 13.2. The van der Waals surface area contributed by atoms with Crippen LogP contribution in [0.3, 0.4) is 0 Å². The molecular formula is C16H17F2NOS. The highest BCUT2D eigenvalue weighted by atomic mass is 32.2. The highest BCUT2D eigenvalue weighted by Crippen LogP contribution is 2.31. The average molecular weight is 309 g/mol. The van der Waals surface area contributed by atoms with Crippen molar-refractivity contribution in [2.75, 3.05) is 7.11 Å². The molecule has 2 atom stereocenters. The summed E-state index contributed by atoms with van der Waals surface area (Å²) < 4.78 is 31.2. The van der Waals surface area contributed by atoms with E-state index in [1.165, 1.54) is 17.8 Å².